The van der Waals surface area contributed by atoms with Gasteiger partial charge in [-0.2, -0.15) is 0 Å². The molecule has 0 saturated heterocycles. The molecule has 1 rings (SSSR count). The summed E-state index contributed by atoms with van der Waals surface area (Å²) in [6, 6.07) is 0.775. The predicted octanol–water partition coefficient (Wildman–Crippen LogP) is 1.75. The summed E-state index contributed by atoms with van der Waals surface area (Å²) in [6.07, 6.45) is 2.98. The van der Waals surface area contributed by atoms with E-state index in [1.165, 1.54) is 19.4 Å². The third-order valence-corrected chi connectivity index (χ3v) is 2.68. The first-order valence-electron chi connectivity index (χ1n) is 4.86. The molecule has 1 aliphatic rings. The van der Waals surface area contributed by atoms with E-state index >= 15 is 0 Å². The molecule has 1 aliphatic carbocycles. The topological polar surface area (TPSA) is 12.5 Å². The molecule has 0 aliphatic heterocycles. The number of hydrogen-bond donors (Lipinski definition) is 0. The largest absolute Gasteiger partial charge is 0.381 e. The van der Waals surface area contributed by atoms with E-state index in [4.69, 9.17) is 4.74 Å². The van der Waals surface area contributed by atoms with Gasteiger partial charge in [0.2, 0.25) is 0 Å². The summed E-state index contributed by atoms with van der Waals surface area (Å²) in [5.41, 5.74) is 0. The van der Waals surface area contributed by atoms with E-state index < -0.39 is 0 Å². The van der Waals surface area contributed by atoms with Gasteiger partial charge in [-0.1, -0.05) is 13.8 Å². The van der Waals surface area contributed by atoms with Gasteiger partial charge in [-0.25, -0.2) is 0 Å². The quantitative estimate of drug-likeness (QED) is 0.639. The van der Waals surface area contributed by atoms with Crippen molar-refractivity contribution in [2.24, 2.45) is 5.92 Å². The molecule has 12 heavy (non-hydrogen) atoms. The van der Waals surface area contributed by atoms with E-state index in [2.05, 4.69) is 25.8 Å². The third kappa shape index (κ3) is 2.46. The lowest BCUT2D eigenvalue weighted by Gasteiger charge is -2.41. The van der Waals surface area contributed by atoms with Gasteiger partial charge < -0.3 is 9.64 Å². The zero-order valence-electron chi connectivity index (χ0n) is 8.71. The second kappa shape index (κ2) is 4.24. The highest BCUT2D eigenvalue weighted by Crippen LogP contribution is 2.27. The van der Waals surface area contributed by atoms with Crippen LogP contribution in [0.25, 0.3) is 0 Å². The normalized spacial score (nSPS) is 29.5. The van der Waals surface area contributed by atoms with Gasteiger partial charge in [-0.15, -0.1) is 0 Å². The van der Waals surface area contributed by atoms with Crippen molar-refractivity contribution >= 4 is 0 Å². The van der Waals surface area contributed by atoms with Gasteiger partial charge in [0.15, 0.2) is 0 Å². The molecule has 1 fully saturated rings. The maximum atomic E-state index is 5.24. The fourth-order valence-corrected chi connectivity index (χ4v) is 1.82. The molecule has 72 valence electrons. The smallest absolute Gasteiger partial charge is 0.0601 e. The summed E-state index contributed by atoms with van der Waals surface area (Å²) in [5, 5.41) is 0. The molecule has 2 nitrogen and oxygen atoms in total. The fraction of sp³-hybridized carbons (Fsp3) is 1.00. The molecular formula is C10H21NO. The minimum atomic E-state index is 0.532. The Balaban J connectivity index is 2.14. The maximum Gasteiger partial charge on any atom is 0.0601 e. The van der Waals surface area contributed by atoms with E-state index in [0.29, 0.717) is 6.10 Å². The molecule has 0 atom stereocenters. The van der Waals surface area contributed by atoms with Crippen LogP contribution >= 0.6 is 0 Å². The number of hydrogen-bond acceptors (Lipinski definition) is 2. The Bertz CT molecular complexity index is 130. The van der Waals surface area contributed by atoms with Crippen LogP contribution in [-0.2, 0) is 4.74 Å². The van der Waals surface area contributed by atoms with E-state index in [1.807, 2.05) is 7.11 Å². The van der Waals surface area contributed by atoms with Gasteiger partial charge in [0.1, 0.15) is 0 Å². The van der Waals surface area contributed by atoms with Crippen LogP contribution < -0.4 is 0 Å². The second-order valence-electron chi connectivity index (χ2n) is 4.32. The van der Waals surface area contributed by atoms with Gasteiger partial charge in [0.05, 0.1) is 6.10 Å². The lowest BCUT2D eigenvalue weighted by atomic mass is 9.88. The lowest BCUT2D eigenvalue weighted by molar-refractivity contribution is -0.0219. The van der Waals surface area contributed by atoms with E-state index in [-0.39, 0.29) is 0 Å². The average molecular weight is 171 g/mol. The fourth-order valence-electron chi connectivity index (χ4n) is 1.82. The molecule has 0 bridgehead atoms. The molecule has 0 heterocycles. The van der Waals surface area contributed by atoms with Gasteiger partial charge in [0, 0.05) is 19.7 Å². The van der Waals surface area contributed by atoms with Crippen LogP contribution in [0.4, 0.5) is 0 Å². The number of nitrogens with zero attached hydrogens (tertiary/aromatic N) is 1. The Morgan fingerprint density at radius 2 is 2.00 bits per heavy atom. The average Bonchev–Trinajstić information content (AvgIpc) is 1.82. The van der Waals surface area contributed by atoms with Gasteiger partial charge in [-0.3, -0.25) is 0 Å². The summed E-state index contributed by atoms with van der Waals surface area (Å²) in [5.74, 6) is 0.775. The number of ether oxygens (including phenoxy) is 1. The Kier molecular flexibility index (Phi) is 3.53. The SMILES string of the molecule is CO[C@H]1C[C@H](N(C)CC(C)C)C1. The van der Waals surface area contributed by atoms with Crippen LogP contribution in [0.2, 0.25) is 0 Å². The monoisotopic (exact) mass is 171 g/mol. The highest BCUT2D eigenvalue weighted by atomic mass is 16.5. The standard InChI is InChI=1S/C10H21NO/c1-8(2)7-11(3)9-5-10(6-9)12-4/h8-10H,5-7H2,1-4H3/t9-,10-. The highest BCUT2D eigenvalue weighted by molar-refractivity contribution is 4.86. The Hall–Kier alpha value is -0.0800. The summed E-state index contributed by atoms with van der Waals surface area (Å²) < 4.78 is 5.24. The van der Waals surface area contributed by atoms with Gasteiger partial charge in [0.25, 0.3) is 0 Å². The molecule has 0 aromatic rings. The first-order chi connectivity index (χ1) is 5.63. The van der Waals surface area contributed by atoms with Gasteiger partial charge in [-0.05, 0) is 25.8 Å². The van der Waals surface area contributed by atoms with Crippen molar-refractivity contribution in [3.63, 3.8) is 0 Å². The summed E-state index contributed by atoms with van der Waals surface area (Å²) in [6.45, 7) is 5.74. The molecule has 1 saturated carbocycles. The molecule has 0 unspecified atom stereocenters. The van der Waals surface area contributed by atoms with Crippen molar-refractivity contribution in [1.82, 2.24) is 4.90 Å². The van der Waals surface area contributed by atoms with Crippen LogP contribution in [0, 0.1) is 5.92 Å². The molecule has 0 amide bonds. The van der Waals surface area contributed by atoms with Crippen molar-refractivity contribution in [3.8, 4) is 0 Å². The Morgan fingerprint density at radius 1 is 1.42 bits per heavy atom. The zero-order valence-corrected chi connectivity index (χ0v) is 8.71. The van der Waals surface area contributed by atoms with Crippen molar-refractivity contribution in [3.05, 3.63) is 0 Å². The van der Waals surface area contributed by atoms with Crippen LogP contribution in [0.15, 0.2) is 0 Å². The molecule has 0 spiro atoms. The van der Waals surface area contributed by atoms with Gasteiger partial charge >= 0.3 is 0 Å². The first kappa shape index (κ1) is 10.0. The second-order valence-corrected chi connectivity index (χ2v) is 4.32. The van der Waals surface area contributed by atoms with Crippen molar-refractivity contribution in [1.29, 1.82) is 0 Å². The predicted molar refractivity (Wildman–Crippen MR) is 51.3 cm³/mol. The molecule has 2 heteroatoms. The van der Waals surface area contributed by atoms with Crippen LogP contribution in [0.1, 0.15) is 26.7 Å². The Morgan fingerprint density at radius 3 is 2.42 bits per heavy atom. The van der Waals surface area contributed by atoms with Crippen LogP contribution in [-0.4, -0.2) is 37.7 Å². The van der Waals surface area contributed by atoms with E-state index in [0.717, 1.165) is 12.0 Å². The lowest BCUT2D eigenvalue weighted by Crippen LogP contribution is -2.47. The minimum Gasteiger partial charge on any atom is -0.381 e. The molecule has 0 aromatic carbocycles. The minimum absolute atomic E-state index is 0.532. The molecule has 0 radical (unpaired) electrons. The summed E-state index contributed by atoms with van der Waals surface area (Å²) >= 11 is 0. The number of methoxy groups -OCH3 is 1. The van der Waals surface area contributed by atoms with Crippen LogP contribution in [0.3, 0.4) is 0 Å². The summed E-state index contributed by atoms with van der Waals surface area (Å²) in [7, 11) is 4.03. The highest BCUT2D eigenvalue weighted by Gasteiger charge is 2.31. The summed E-state index contributed by atoms with van der Waals surface area (Å²) in [4.78, 5) is 2.46. The van der Waals surface area contributed by atoms with Crippen molar-refractivity contribution in [2.75, 3.05) is 20.7 Å². The third-order valence-electron chi connectivity index (χ3n) is 2.68. The Labute approximate surface area is 75.9 Å². The maximum absolute atomic E-state index is 5.24. The van der Waals surface area contributed by atoms with E-state index in [1.54, 1.807) is 0 Å². The van der Waals surface area contributed by atoms with Crippen molar-refractivity contribution < 1.29 is 4.74 Å². The molecular weight excluding hydrogens is 150 g/mol. The van der Waals surface area contributed by atoms with Crippen molar-refractivity contribution in [2.45, 2.75) is 38.8 Å². The molecule has 0 aromatic heterocycles. The van der Waals surface area contributed by atoms with E-state index in [9.17, 15) is 0 Å². The van der Waals surface area contributed by atoms with Crippen LogP contribution in [0.5, 0.6) is 0 Å². The molecule has 0 N–H and O–H groups in total. The zero-order chi connectivity index (χ0) is 9.14. The number of rotatable bonds is 4. The first-order valence-corrected chi connectivity index (χ1v) is 4.86.